The van der Waals surface area contributed by atoms with Gasteiger partial charge in [0.1, 0.15) is 12.1 Å². The second-order valence-corrected chi connectivity index (χ2v) is 6.30. The lowest BCUT2D eigenvalue weighted by molar-refractivity contribution is -0.121. The maximum absolute atomic E-state index is 12.6. The number of allylic oxidation sites excluding steroid dienone is 1. The number of carbonyl (C=O) groups is 1. The van der Waals surface area contributed by atoms with Crippen molar-refractivity contribution in [2.24, 2.45) is 0 Å². The highest BCUT2D eigenvalue weighted by Gasteiger charge is 2.15. The van der Waals surface area contributed by atoms with Gasteiger partial charge in [-0.05, 0) is 51.2 Å². The normalized spacial score (nSPS) is 14.1. The van der Waals surface area contributed by atoms with Crippen molar-refractivity contribution < 1.29 is 9.53 Å². The molecule has 26 heavy (non-hydrogen) atoms. The topological polar surface area (TPSA) is 86.1 Å². The van der Waals surface area contributed by atoms with Crippen molar-refractivity contribution in [2.75, 3.05) is 13.2 Å². The van der Waals surface area contributed by atoms with Gasteiger partial charge in [0.15, 0.2) is 5.65 Å². The highest BCUT2D eigenvalue weighted by Crippen LogP contribution is 2.19. The fourth-order valence-electron chi connectivity index (χ4n) is 3.12. The minimum absolute atomic E-state index is 0.00633. The van der Waals surface area contributed by atoms with Crippen LogP contribution in [0.25, 0.3) is 11.2 Å². The first-order valence-electron chi connectivity index (χ1n) is 9.12. The van der Waals surface area contributed by atoms with Gasteiger partial charge in [0, 0.05) is 12.7 Å². The van der Waals surface area contributed by atoms with Crippen molar-refractivity contribution in [3.63, 3.8) is 0 Å². The molecule has 2 aromatic heterocycles. The van der Waals surface area contributed by atoms with Gasteiger partial charge in [0.2, 0.25) is 5.91 Å². The second-order valence-electron chi connectivity index (χ2n) is 6.30. The zero-order valence-electron chi connectivity index (χ0n) is 15.0. The van der Waals surface area contributed by atoms with Crippen LogP contribution in [0.1, 0.15) is 39.0 Å². The van der Waals surface area contributed by atoms with Gasteiger partial charge in [-0.2, -0.15) is 0 Å². The predicted octanol–water partition coefficient (Wildman–Crippen LogP) is 2.20. The fourth-order valence-corrected chi connectivity index (χ4v) is 3.12. The van der Waals surface area contributed by atoms with E-state index in [4.69, 9.17) is 4.74 Å². The van der Waals surface area contributed by atoms with Crippen LogP contribution < -0.4 is 15.6 Å². The Morgan fingerprint density at radius 3 is 3.04 bits per heavy atom. The van der Waals surface area contributed by atoms with Crippen LogP contribution in [0.15, 0.2) is 34.8 Å². The highest BCUT2D eigenvalue weighted by atomic mass is 16.5. The fraction of sp³-hybridized carbons (Fsp3) is 0.474. The molecule has 1 aliphatic carbocycles. The molecular weight excluding hydrogens is 332 g/mol. The standard InChI is InChI=1S/C19H24N4O3/c1-2-26-18-19(25)23(17-15(22-18)9-6-11-21-17)13-16(24)20-12-10-14-7-4-3-5-8-14/h6-7,9,11H,2-5,8,10,12-13H2,1H3,(H,20,24). The third-order valence-corrected chi connectivity index (χ3v) is 4.41. The minimum atomic E-state index is -0.441. The Morgan fingerprint density at radius 1 is 1.38 bits per heavy atom. The Labute approximate surface area is 152 Å². The molecule has 1 aliphatic rings. The number of amides is 1. The average molecular weight is 356 g/mol. The maximum atomic E-state index is 12.6. The van der Waals surface area contributed by atoms with Crippen LogP contribution in [0.3, 0.4) is 0 Å². The van der Waals surface area contributed by atoms with E-state index in [1.54, 1.807) is 25.3 Å². The van der Waals surface area contributed by atoms with Crippen LogP contribution >= 0.6 is 0 Å². The first kappa shape index (κ1) is 18.1. The monoisotopic (exact) mass is 356 g/mol. The summed E-state index contributed by atoms with van der Waals surface area (Å²) < 4.78 is 6.64. The average Bonchev–Trinajstić information content (AvgIpc) is 2.66. The summed E-state index contributed by atoms with van der Waals surface area (Å²) in [6.45, 7) is 2.59. The smallest absolute Gasteiger partial charge is 0.315 e. The molecule has 0 saturated carbocycles. The van der Waals surface area contributed by atoms with Crippen LogP contribution in [0, 0.1) is 0 Å². The highest BCUT2D eigenvalue weighted by molar-refractivity contribution is 5.78. The van der Waals surface area contributed by atoms with E-state index in [9.17, 15) is 9.59 Å². The summed E-state index contributed by atoms with van der Waals surface area (Å²) in [7, 11) is 0. The van der Waals surface area contributed by atoms with Gasteiger partial charge in [-0.25, -0.2) is 9.97 Å². The molecule has 0 radical (unpaired) electrons. The van der Waals surface area contributed by atoms with E-state index in [0.29, 0.717) is 24.3 Å². The van der Waals surface area contributed by atoms with Crippen LogP contribution in [0.5, 0.6) is 5.88 Å². The molecular formula is C19H24N4O3. The third-order valence-electron chi connectivity index (χ3n) is 4.41. The van der Waals surface area contributed by atoms with Gasteiger partial charge in [-0.1, -0.05) is 11.6 Å². The number of carbonyl (C=O) groups excluding carboxylic acids is 1. The van der Waals surface area contributed by atoms with Gasteiger partial charge in [-0.15, -0.1) is 0 Å². The molecule has 7 heteroatoms. The number of rotatable bonds is 7. The lowest BCUT2D eigenvalue weighted by Gasteiger charge is -2.14. The molecule has 1 amide bonds. The number of hydrogen-bond donors (Lipinski definition) is 1. The molecule has 138 valence electrons. The van der Waals surface area contributed by atoms with Crippen LogP contribution in [-0.2, 0) is 11.3 Å². The quantitative estimate of drug-likeness (QED) is 0.769. The zero-order valence-corrected chi connectivity index (χ0v) is 15.0. The molecule has 2 heterocycles. The summed E-state index contributed by atoms with van der Waals surface area (Å²) in [5, 5.41) is 2.89. The SMILES string of the molecule is CCOc1nc2cccnc2n(CC(=O)NCCC2=CCCCC2)c1=O. The van der Waals surface area contributed by atoms with E-state index in [1.807, 2.05) is 0 Å². The van der Waals surface area contributed by atoms with Crippen LogP contribution in [0.2, 0.25) is 0 Å². The Bertz CT molecular complexity index is 873. The molecule has 0 atom stereocenters. The summed E-state index contributed by atoms with van der Waals surface area (Å²) in [6, 6.07) is 3.48. The Morgan fingerprint density at radius 2 is 2.27 bits per heavy atom. The van der Waals surface area contributed by atoms with Gasteiger partial charge >= 0.3 is 5.56 Å². The molecule has 2 aromatic rings. The van der Waals surface area contributed by atoms with Gasteiger partial charge in [0.05, 0.1) is 6.61 Å². The summed E-state index contributed by atoms with van der Waals surface area (Å²) in [6.07, 6.45) is 9.44. The molecule has 7 nitrogen and oxygen atoms in total. The number of nitrogens with zero attached hydrogens (tertiary/aromatic N) is 3. The summed E-state index contributed by atoms with van der Waals surface area (Å²) in [5.74, 6) is -0.225. The van der Waals surface area contributed by atoms with Crippen molar-refractivity contribution in [2.45, 2.75) is 45.6 Å². The van der Waals surface area contributed by atoms with Crippen molar-refractivity contribution in [1.82, 2.24) is 19.9 Å². The van der Waals surface area contributed by atoms with E-state index >= 15 is 0 Å². The maximum Gasteiger partial charge on any atom is 0.315 e. The minimum Gasteiger partial charge on any atom is -0.474 e. The molecule has 0 unspecified atom stereocenters. The number of hydrogen-bond acceptors (Lipinski definition) is 5. The number of pyridine rings is 1. The van der Waals surface area contributed by atoms with Crippen molar-refractivity contribution in [3.05, 3.63) is 40.3 Å². The molecule has 0 saturated heterocycles. The molecule has 0 bridgehead atoms. The molecule has 0 spiro atoms. The Kier molecular flexibility index (Phi) is 5.99. The lowest BCUT2D eigenvalue weighted by Crippen LogP contribution is -2.34. The Balaban J connectivity index is 1.72. The molecule has 0 fully saturated rings. The van der Waals surface area contributed by atoms with E-state index in [-0.39, 0.29) is 18.3 Å². The largest absolute Gasteiger partial charge is 0.474 e. The van der Waals surface area contributed by atoms with Crippen LogP contribution in [-0.4, -0.2) is 33.6 Å². The van der Waals surface area contributed by atoms with Crippen molar-refractivity contribution in [1.29, 1.82) is 0 Å². The molecule has 0 aromatic carbocycles. The van der Waals surface area contributed by atoms with Crippen LogP contribution in [0.4, 0.5) is 0 Å². The van der Waals surface area contributed by atoms with E-state index in [2.05, 4.69) is 21.4 Å². The second kappa shape index (κ2) is 8.60. The van der Waals surface area contributed by atoms with Crippen molar-refractivity contribution in [3.8, 4) is 5.88 Å². The predicted molar refractivity (Wildman–Crippen MR) is 99.1 cm³/mol. The van der Waals surface area contributed by atoms with E-state index < -0.39 is 5.56 Å². The number of ether oxygens (including phenoxy) is 1. The first-order chi connectivity index (χ1) is 12.7. The van der Waals surface area contributed by atoms with Gasteiger partial charge < -0.3 is 10.1 Å². The van der Waals surface area contributed by atoms with E-state index in [0.717, 1.165) is 19.3 Å². The summed E-state index contributed by atoms with van der Waals surface area (Å²) in [5.41, 5.74) is 1.87. The molecule has 0 aliphatic heterocycles. The molecule has 1 N–H and O–H groups in total. The van der Waals surface area contributed by atoms with Crippen molar-refractivity contribution >= 4 is 17.1 Å². The number of fused-ring (bicyclic) bond motifs is 1. The zero-order chi connectivity index (χ0) is 18.4. The summed E-state index contributed by atoms with van der Waals surface area (Å²) >= 11 is 0. The van der Waals surface area contributed by atoms with Gasteiger partial charge in [0.25, 0.3) is 5.88 Å². The summed E-state index contributed by atoms with van der Waals surface area (Å²) in [4.78, 5) is 33.3. The molecule has 3 rings (SSSR count). The third kappa shape index (κ3) is 4.28. The number of nitrogens with one attached hydrogen (secondary N) is 1. The lowest BCUT2D eigenvalue weighted by atomic mass is 9.97. The Hall–Kier alpha value is -2.70. The van der Waals surface area contributed by atoms with Gasteiger partial charge in [-0.3, -0.25) is 14.2 Å². The number of aromatic nitrogens is 3. The first-order valence-corrected chi connectivity index (χ1v) is 9.12. The van der Waals surface area contributed by atoms with E-state index in [1.165, 1.54) is 23.0 Å².